The molecule has 0 N–H and O–H groups in total. The van der Waals surface area contributed by atoms with Gasteiger partial charge in [0.25, 0.3) is 0 Å². The summed E-state index contributed by atoms with van der Waals surface area (Å²) < 4.78 is 0. The van der Waals surface area contributed by atoms with Crippen LogP contribution in [-0.4, -0.2) is 0 Å². The second-order valence-corrected chi connectivity index (χ2v) is 7.68. The Labute approximate surface area is 160 Å². The highest BCUT2D eigenvalue weighted by atomic mass is 14.1. The smallest absolute Gasteiger partial charge is 0.00887 e. The molecular weight excluding hydrogens is 300 g/mol. The van der Waals surface area contributed by atoms with Crippen LogP contribution in [0.1, 0.15) is 129 Å². The molecule has 1 atom stereocenters. The predicted molar refractivity (Wildman–Crippen MR) is 115 cm³/mol. The van der Waals surface area contributed by atoms with Crippen LogP contribution in [0, 0.1) is 31.6 Å². The lowest BCUT2D eigenvalue weighted by Gasteiger charge is -2.16. The number of hydrogen-bond acceptors (Lipinski definition) is 0. The zero-order valence-corrected chi connectivity index (χ0v) is 17.4. The summed E-state index contributed by atoms with van der Waals surface area (Å²) in [4.78, 5) is 0. The van der Waals surface area contributed by atoms with Crippen molar-refractivity contribution in [1.29, 1.82) is 0 Å². The summed E-state index contributed by atoms with van der Waals surface area (Å²) in [6, 6.07) is 0. The van der Waals surface area contributed by atoms with Crippen LogP contribution in [0.5, 0.6) is 0 Å². The van der Waals surface area contributed by atoms with Gasteiger partial charge in [-0.25, -0.2) is 0 Å². The van der Waals surface area contributed by atoms with E-state index in [2.05, 4.69) is 32.6 Å². The standard InChI is InChI=1S/C25H46/c1-4-7-10-12-14-15-16-17-19-21-24-25(22-9-6-3)23-20-18-13-11-8-5-2/h25H,1-2,4-15,18-24H2,3H3. The lowest BCUT2D eigenvalue weighted by molar-refractivity contribution is 0.380. The van der Waals surface area contributed by atoms with Crippen LogP contribution in [-0.2, 0) is 0 Å². The number of unbranched alkanes of at least 4 members (excludes halogenated alkanes) is 12. The molecule has 0 bridgehead atoms. The van der Waals surface area contributed by atoms with Crippen molar-refractivity contribution in [3.05, 3.63) is 13.8 Å². The fourth-order valence-electron chi connectivity index (χ4n) is 3.47. The quantitative estimate of drug-likeness (QED) is 0.172. The molecule has 0 nitrogen and oxygen atoms in total. The molecule has 0 aromatic rings. The Morgan fingerprint density at radius 3 is 1.68 bits per heavy atom. The minimum absolute atomic E-state index is 0.956. The van der Waals surface area contributed by atoms with E-state index in [0.717, 1.165) is 31.6 Å². The van der Waals surface area contributed by atoms with Crippen molar-refractivity contribution in [2.24, 2.45) is 5.92 Å². The molecular formula is C25H46. The van der Waals surface area contributed by atoms with Crippen LogP contribution < -0.4 is 0 Å². The average Bonchev–Trinajstić information content (AvgIpc) is 2.63. The van der Waals surface area contributed by atoms with Crippen LogP contribution >= 0.6 is 0 Å². The molecule has 0 spiro atoms. The van der Waals surface area contributed by atoms with Gasteiger partial charge in [-0.15, -0.1) is 11.8 Å². The summed E-state index contributed by atoms with van der Waals surface area (Å²) in [7, 11) is 0. The summed E-state index contributed by atoms with van der Waals surface area (Å²) in [6.07, 6.45) is 24.9. The van der Waals surface area contributed by atoms with Crippen molar-refractivity contribution in [2.75, 3.05) is 0 Å². The average molecular weight is 347 g/mol. The first kappa shape index (κ1) is 24.6. The van der Waals surface area contributed by atoms with E-state index in [1.54, 1.807) is 0 Å². The van der Waals surface area contributed by atoms with Crippen molar-refractivity contribution in [3.63, 3.8) is 0 Å². The Hall–Kier alpha value is -0.440. The van der Waals surface area contributed by atoms with E-state index in [0.29, 0.717) is 0 Å². The van der Waals surface area contributed by atoms with E-state index in [1.807, 2.05) is 0 Å². The van der Waals surface area contributed by atoms with Crippen molar-refractivity contribution in [3.8, 4) is 11.8 Å². The third-order valence-corrected chi connectivity index (χ3v) is 5.17. The highest BCUT2D eigenvalue weighted by Crippen LogP contribution is 2.23. The summed E-state index contributed by atoms with van der Waals surface area (Å²) in [6.45, 7) is 10.1. The largest absolute Gasteiger partial charge is 0.103 e. The van der Waals surface area contributed by atoms with E-state index < -0.39 is 0 Å². The van der Waals surface area contributed by atoms with Gasteiger partial charge < -0.3 is 0 Å². The van der Waals surface area contributed by atoms with Gasteiger partial charge >= 0.3 is 0 Å². The molecule has 1 unspecified atom stereocenters. The van der Waals surface area contributed by atoms with Crippen LogP contribution in [0.25, 0.3) is 0 Å². The van der Waals surface area contributed by atoms with Crippen LogP contribution in [0.15, 0.2) is 0 Å². The Balaban J connectivity index is 3.67. The SMILES string of the molecule is [CH2]CCCCCCC#CCCCC(CCCC)CCCCCCC[CH2]. The summed E-state index contributed by atoms with van der Waals surface area (Å²) in [5.74, 6) is 7.75. The first-order valence-electron chi connectivity index (χ1n) is 11.4. The Bertz CT molecular complexity index is 293. The Morgan fingerprint density at radius 1 is 0.560 bits per heavy atom. The molecule has 0 saturated heterocycles. The first-order chi connectivity index (χ1) is 12.3. The molecule has 146 valence electrons. The van der Waals surface area contributed by atoms with Crippen molar-refractivity contribution in [2.45, 2.75) is 129 Å². The number of rotatable bonds is 18. The van der Waals surface area contributed by atoms with Gasteiger partial charge in [0.1, 0.15) is 0 Å². The second-order valence-electron chi connectivity index (χ2n) is 7.68. The zero-order chi connectivity index (χ0) is 18.4. The zero-order valence-electron chi connectivity index (χ0n) is 17.4. The Morgan fingerprint density at radius 2 is 1.04 bits per heavy atom. The van der Waals surface area contributed by atoms with Gasteiger partial charge in [0.05, 0.1) is 0 Å². The van der Waals surface area contributed by atoms with E-state index in [1.165, 1.54) is 96.3 Å². The molecule has 0 rings (SSSR count). The van der Waals surface area contributed by atoms with E-state index in [9.17, 15) is 0 Å². The number of hydrogen-bond donors (Lipinski definition) is 0. The van der Waals surface area contributed by atoms with Gasteiger partial charge in [-0.1, -0.05) is 111 Å². The maximum atomic E-state index is 3.93. The molecule has 0 heteroatoms. The lowest BCUT2D eigenvalue weighted by Crippen LogP contribution is -2.01. The summed E-state index contributed by atoms with van der Waals surface area (Å²) in [5, 5.41) is 0. The topological polar surface area (TPSA) is 0 Å². The van der Waals surface area contributed by atoms with Crippen molar-refractivity contribution in [1.82, 2.24) is 0 Å². The van der Waals surface area contributed by atoms with Crippen molar-refractivity contribution >= 4 is 0 Å². The molecule has 0 aromatic heterocycles. The highest BCUT2D eigenvalue weighted by Gasteiger charge is 2.07. The normalized spacial score (nSPS) is 12.0. The Kier molecular flexibility index (Phi) is 21.2. The van der Waals surface area contributed by atoms with Gasteiger partial charge in [-0.2, -0.15) is 0 Å². The van der Waals surface area contributed by atoms with Gasteiger partial charge in [0.2, 0.25) is 0 Å². The molecule has 0 aliphatic heterocycles. The highest BCUT2D eigenvalue weighted by molar-refractivity contribution is 4.98. The lowest BCUT2D eigenvalue weighted by atomic mass is 9.90. The molecule has 0 amide bonds. The first-order valence-corrected chi connectivity index (χ1v) is 11.4. The fraction of sp³-hybridized carbons (Fsp3) is 0.840. The molecule has 0 aliphatic rings. The molecule has 0 heterocycles. The molecule has 0 fully saturated rings. The van der Waals surface area contributed by atoms with Crippen LogP contribution in [0.2, 0.25) is 0 Å². The molecule has 0 aliphatic carbocycles. The monoisotopic (exact) mass is 346 g/mol. The van der Waals surface area contributed by atoms with Crippen LogP contribution in [0.3, 0.4) is 0 Å². The second kappa shape index (κ2) is 21.6. The molecule has 0 saturated carbocycles. The minimum Gasteiger partial charge on any atom is -0.103 e. The van der Waals surface area contributed by atoms with Gasteiger partial charge in [0, 0.05) is 12.8 Å². The van der Waals surface area contributed by atoms with Crippen molar-refractivity contribution < 1.29 is 0 Å². The maximum Gasteiger partial charge on any atom is 0.00887 e. The summed E-state index contributed by atoms with van der Waals surface area (Å²) >= 11 is 0. The third-order valence-electron chi connectivity index (χ3n) is 5.17. The van der Waals surface area contributed by atoms with Gasteiger partial charge in [-0.3, -0.25) is 0 Å². The van der Waals surface area contributed by atoms with E-state index in [-0.39, 0.29) is 0 Å². The fourth-order valence-corrected chi connectivity index (χ4v) is 3.47. The van der Waals surface area contributed by atoms with Gasteiger partial charge in [-0.05, 0) is 25.2 Å². The third kappa shape index (κ3) is 19.7. The molecule has 25 heavy (non-hydrogen) atoms. The summed E-state index contributed by atoms with van der Waals surface area (Å²) in [5.41, 5.74) is 0. The van der Waals surface area contributed by atoms with Crippen LogP contribution in [0.4, 0.5) is 0 Å². The molecule has 0 aromatic carbocycles. The predicted octanol–water partition coefficient (Wildman–Crippen LogP) is 8.71. The maximum absolute atomic E-state index is 3.93. The van der Waals surface area contributed by atoms with E-state index >= 15 is 0 Å². The minimum atomic E-state index is 0.956. The van der Waals surface area contributed by atoms with Gasteiger partial charge in [0.15, 0.2) is 0 Å². The molecule has 2 radical (unpaired) electrons. The van der Waals surface area contributed by atoms with E-state index in [4.69, 9.17) is 0 Å².